The number of carbonyl (C=O) groups is 2. The molecule has 2 aromatic carbocycles. The molecule has 2 aromatic rings. The van der Waals surface area contributed by atoms with Crippen LogP contribution in [0.25, 0.3) is 0 Å². The zero-order valence-corrected chi connectivity index (χ0v) is 14.4. The lowest BCUT2D eigenvalue weighted by Crippen LogP contribution is -2.30. The van der Waals surface area contributed by atoms with Gasteiger partial charge < -0.3 is 15.2 Å². The zero-order valence-electron chi connectivity index (χ0n) is 14.4. The van der Waals surface area contributed by atoms with Gasteiger partial charge in [-0.05, 0) is 54.8 Å². The van der Waals surface area contributed by atoms with Crippen LogP contribution in [0.1, 0.15) is 44.4 Å². The highest BCUT2D eigenvalue weighted by atomic mass is 19.1. The van der Waals surface area contributed by atoms with Crippen LogP contribution in [0, 0.1) is 18.7 Å². The number of aryl methyl sites for hydroxylation is 1. The van der Waals surface area contributed by atoms with Gasteiger partial charge in [-0.3, -0.25) is 4.79 Å². The van der Waals surface area contributed by atoms with E-state index < -0.39 is 5.97 Å². The van der Waals surface area contributed by atoms with Crippen molar-refractivity contribution in [2.45, 2.75) is 19.4 Å². The van der Waals surface area contributed by atoms with E-state index in [1.54, 1.807) is 25.1 Å². The highest BCUT2D eigenvalue weighted by Gasteiger charge is 2.30. The van der Waals surface area contributed by atoms with Crippen molar-refractivity contribution in [3.63, 3.8) is 0 Å². The fourth-order valence-electron chi connectivity index (χ4n) is 3.23. The topological polar surface area (TPSA) is 75.6 Å². The second-order valence-electron chi connectivity index (χ2n) is 6.49. The maximum atomic E-state index is 13.1. The Bertz CT molecular complexity index is 819. The third kappa shape index (κ3) is 4.08. The molecule has 0 saturated carbocycles. The van der Waals surface area contributed by atoms with Gasteiger partial charge in [0.1, 0.15) is 5.82 Å². The van der Waals surface area contributed by atoms with Gasteiger partial charge in [-0.15, -0.1) is 0 Å². The molecule has 0 radical (unpaired) electrons. The first kappa shape index (κ1) is 18.1. The molecule has 1 aliphatic rings. The first-order valence-corrected chi connectivity index (χ1v) is 8.44. The lowest BCUT2D eigenvalue weighted by molar-refractivity contribution is 0.0696. The first-order valence-electron chi connectivity index (χ1n) is 8.44. The van der Waals surface area contributed by atoms with Crippen molar-refractivity contribution in [3.8, 4) is 0 Å². The average Bonchev–Trinajstić information content (AvgIpc) is 3.08. The number of amides is 1. The minimum Gasteiger partial charge on any atom is -0.478 e. The molecule has 0 bridgehead atoms. The van der Waals surface area contributed by atoms with Crippen molar-refractivity contribution < 1.29 is 23.8 Å². The Balaban J connectivity index is 1.67. The molecule has 1 heterocycles. The van der Waals surface area contributed by atoms with Crippen LogP contribution in [-0.2, 0) is 4.74 Å². The Morgan fingerprint density at radius 2 is 1.88 bits per heavy atom. The molecular weight excluding hydrogens is 337 g/mol. The number of nitrogens with one attached hydrogen (secondary N) is 1. The summed E-state index contributed by atoms with van der Waals surface area (Å²) in [6.07, 6.45) is 0.597. The summed E-state index contributed by atoms with van der Waals surface area (Å²) in [6.45, 7) is 2.73. The van der Waals surface area contributed by atoms with Crippen LogP contribution in [0.4, 0.5) is 4.39 Å². The van der Waals surface area contributed by atoms with Crippen LogP contribution in [0.2, 0.25) is 0 Å². The average molecular weight is 357 g/mol. The predicted octanol–water partition coefficient (Wildman–Crippen LogP) is 3.34. The van der Waals surface area contributed by atoms with Gasteiger partial charge in [0.15, 0.2) is 0 Å². The minimum atomic E-state index is -1.07. The molecule has 1 fully saturated rings. The maximum absolute atomic E-state index is 13.1. The van der Waals surface area contributed by atoms with Crippen molar-refractivity contribution in [3.05, 3.63) is 70.5 Å². The second kappa shape index (κ2) is 7.66. The smallest absolute Gasteiger partial charge is 0.335 e. The molecule has 1 saturated heterocycles. The second-order valence-corrected chi connectivity index (χ2v) is 6.49. The largest absolute Gasteiger partial charge is 0.478 e. The zero-order chi connectivity index (χ0) is 18.7. The molecular formula is C20H20FNO4. The van der Waals surface area contributed by atoms with Crippen LogP contribution in [0.3, 0.4) is 0 Å². The van der Waals surface area contributed by atoms with E-state index in [4.69, 9.17) is 9.84 Å². The van der Waals surface area contributed by atoms with Gasteiger partial charge in [0.25, 0.3) is 5.91 Å². The van der Waals surface area contributed by atoms with Crippen molar-refractivity contribution in [1.29, 1.82) is 0 Å². The van der Waals surface area contributed by atoms with E-state index in [0.29, 0.717) is 24.3 Å². The fraction of sp³-hybridized carbons (Fsp3) is 0.300. The van der Waals surface area contributed by atoms with Crippen LogP contribution in [-0.4, -0.2) is 30.1 Å². The van der Waals surface area contributed by atoms with Crippen LogP contribution >= 0.6 is 0 Å². The number of benzene rings is 2. The van der Waals surface area contributed by atoms with E-state index in [9.17, 15) is 14.0 Å². The van der Waals surface area contributed by atoms with Crippen LogP contribution in [0.15, 0.2) is 42.5 Å². The number of carboxylic acid groups (broad SMARTS) is 1. The van der Waals surface area contributed by atoms with Crippen molar-refractivity contribution >= 4 is 11.9 Å². The summed E-state index contributed by atoms with van der Waals surface area (Å²) in [6, 6.07) is 10.7. The molecule has 1 amide bonds. The van der Waals surface area contributed by atoms with E-state index in [0.717, 1.165) is 12.0 Å². The Morgan fingerprint density at radius 1 is 1.19 bits per heavy atom. The highest BCUT2D eigenvalue weighted by molar-refractivity contribution is 5.97. The number of carbonyl (C=O) groups excluding carboxylic acids is 1. The van der Waals surface area contributed by atoms with Crippen molar-refractivity contribution in [1.82, 2.24) is 5.32 Å². The standard InChI is InChI=1S/C20H20FNO4/c1-12-8-15(10-16(9-12)20(24)25)19(23)22-11-14-6-7-26-18(14)13-2-4-17(21)5-3-13/h2-5,8-10,14,18H,6-7,11H2,1H3,(H,22,23)(H,24,25)/t14-,18-/m0/s1. The number of rotatable bonds is 5. The van der Waals surface area contributed by atoms with Crippen molar-refractivity contribution in [2.75, 3.05) is 13.2 Å². The third-order valence-corrected chi connectivity index (χ3v) is 4.52. The van der Waals surface area contributed by atoms with Crippen LogP contribution < -0.4 is 5.32 Å². The van der Waals surface area contributed by atoms with Crippen molar-refractivity contribution in [2.24, 2.45) is 5.92 Å². The van der Waals surface area contributed by atoms with E-state index in [-0.39, 0.29) is 29.3 Å². The summed E-state index contributed by atoms with van der Waals surface area (Å²) in [7, 11) is 0. The molecule has 1 aliphatic heterocycles. The van der Waals surface area contributed by atoms with Gasteiger partial charge in [-0.2, -0.15) is 0 Å². The van der Waals surface area contributed by atoms with E-state index in [1.165, 1.54) is 24.3 Å². The van der Waals surface area contributed by atoms with Crippen LogP contribution in [0.5, 0.6) is 0 Å². The summed E-state index contributed by atoms with van der Waals surface area (Å²) in [4.78, 5) is 23.6. The number of aromatic carboxylic acids is 1. The Morgan fingerprint density at radius 3 is 2.58 bits per heavy atom. The maximum Gasteiger partial charge on any atom is 0.335 e. The van der Waals surface area contributed by atoms with Gasteiger partial charge in [0.05, 0.1) is 11.7 Å². The molecule has 0 spiro atoms. The summed E-state index contributed by atoms with van der Waals surface area (Å²) in [5, 5.41) is 12.0. The monoisotopic (exact) mass is 357 g/mol. The molecule has 2 N–H and O–H groups in total. The van der Waals surface area contributed by atoms with E-state index in [1.807, 2.05) is 0 Å². The van der Waals surface area contributed by atoms with E-state index in [2.05, 4.69) is 5.32 Å². The molecule has 2 atom stereocenters. The third-order valence-electron chi connectivity index (χ3n) is 4.52. The Labute approximate surface area is 150 Å². The summed E-state index contributed by atoms with van der Waals surface area (Å²) in [5.41, 5.74) is 2.00. The highest BCUT2D eigenvalue weighted by Crippen LogP contribution is 2.34. The summed E-state index contributed by atoms with van der Waals surface area (Å²) >= 11 is 0. The predicted molar refractivity (Wildman–Crippen MR) is 93.7 cm³/mol. The minimum absolute atomic E-state index is 0.0770. The number of ether oxygens (including phenoxy) is 1. The first-order chi connectivity index (χ1) is 12.4. The number of halogens is 1. The summed E-state index contributed by atoms with van der Waals surface area (Å²) in [5.74, 6) is -1.61. The number of hydrogen-bond donors (Lipinski definition) is 2. The normalized spacial score (nSPS) is 19.3. The van der Waals surface area contributed by atoms with E-state index >= 15 is 0 Å². The van der Waals surface area contributed by atoms with Gasteiger partial charge >= 0.3 is 5.97 Å². The number of hydrogen-bond acceptors (Lipinski definition) is 3. The lowest BCUT2D eigenvalue weighted by Gasteiger charge is -2.19. The Hall–Kier alpha value is -2.73. The molecule has 0 aliphatic carbocycles. The molecule has 0 aromatic heterocycles. The molecule has 26 heavy (non-hydrogen) atoms. The van der Waals surface area contributed by atoms with Gasteiger partial charge in [0.2, 0.25) is 0 Å². The fourth-order valence-corrected chi connectivity index (χ4v) is 3.23. The van der Waals surface area contributed by atoms with Gasteiger partial charge in [0, 0.05) is 24.6 Å². The molecule has 136 valence electrons. The molecule has 0 unspecified atom stereocenters. The number of carboxylic acids is 1. The van der Waals surface area contributed by atoms with Gasteiger partial charge in [-0.1, -0.05) is 12.1 Å². The summed E-state index contributed by atoms with van der Waals surface area (Å²) < 4.78 is 18.8. The Kier molecular flexibility index (Phi) is 5.32. The quantitative estimate of drug-likeness (QED) is 0.861. The molecule has 3 rings (SSSR count). The van der Waals surface area contributed by atoms with Gasteiger partial charge in [-0.25, -0.2) is 9.18 Å². The molecule has 6 heteroatoms. The lowest BCUT2D eigenvalue weighted by atomic mass is 9.95. The molecule has 5 nitrogen and oxygen atoms in total. The SMILES string of the molecule is Cc1cc(C(=O)O)cc(C(=O)NC[C@@H]2CCO[C@H]2c2ccc(F)cc2)c1.